The molecule has 1 N–H and O–H groups in total. The summed E-state index contributed by atoms with van der Waals surface area (Å²) in [4.78, 5) is 0. The third kappa shape index (κ3) is 2.68. The van der Waals surface area contributed by atoms with Gasteiger partial charge in [0.05, 0.1) is 5.69 Å². The number of aromatic nitrogens is 4. The fourth-order valence-corrected chi connectivity index (χ4v) is 2.24. The first-order valence-electron chi connectivity index (χ1n) is 5.83. The highest BCUT2D eigenvalue weighted by molar-refractivity contribution is 7.13. The van der Waals surface area contributed by atoms with Crippen molar-refractivity contribution in [2.75, 3.05) is 6.54 Å². The van der Waals surface area contributed by atoms with Crippen LogP contribution in [0.1, 0.15) is 23.3 Å². The monoisotopic (exact) mass is 267 g/mol. The summed E-state index contributed by atoms with van der Waals surface area (Å²) in [7, 11) is 1.89. The van der Waals surface area contributed by atoms with Crippen molar-refractivity contribution in [2.45, 2.75) is 27.3 Å². The highest BCUT2D eigenvalue weighted by atomic mass is 32.1. The second-order valence-electron chi connectivity index (χ2n) is 3.97. The van der Waals surface area contributed by atoms with Gasteiger partial charge in [0.25, 0.3) is 5.19 Å². The van der Waals surface area contributed by atoms with E-state index in [2.05, 4.69) is 27.5 Å². The van der Waals surface area contributed by atoms with Gasteiger partial charge >= 0.3 is 0 Å². The first-order chi connectivity index (χ1) is 8.61. The van der Waals surface area contributed by atoms with E-state index in [0.717, 1.165) is 35.2 Å². The maximum Gasteiger partial charge on any atom is 0.299 e. The van der Waals surface area contributed by atoms with Crippen molar-refractivity contribution < 1.29 is 4.74 Å². The Kier molecular flexibility index (Phi) is 3.93. The van der Waals surface area contributed by atoms with Crippen LogP contribution in [0.5, 0.6) is 10.9 Å². The Hall–Kier alpha value is -1.47. The van der Waals surface area contributed by atoms with E-state index >= 15 is 0 Å². The summed E-state index contributed by atoms with van der Waals surface area (Å²) in [5.74, 6) is 0.767. The first-order valence-corrected chi connectivity index (χ1v) is 6.64. The molecule has 0 radical (unpaired) electrons. The molecular weight excluding hydrogens is 250 g/mol. The van der Waals surface area contributed by atoms with Gasteiger partial charge in [0.15, 0.2) is 5.75 Å². The highest BCUT2D eigenvalue weighted by Crippen LogP contribution is 2.29. The zero-order valence-electron chi connectivity index (χ0n) is 11.0. The highest BCUT2D eigenvalue weighted by Gasteiger charge is 2.14. The van der Waals surface area contributed by atoms with Crippen molar-refractivity contribution in [2.24, 2.45) is 7.05 Å². The molecule has 0 saturated carbocycles. The number of aryl methyl sites for hydroxylation is 2. The molecular formula is C11H17N5OS. The Morgan fingerprint density at radius 2 is 2.11 bits per heavy atom. The Morgan fingerprint density at radius 1 is 1.33 bits per heavy atom. The van der Waals surface area contributed by atoms with Crippen LogP contribution in [0, 0.1) is 13.8 Å². The number of hydrogen-bond acceptors (Lipinski definition) is 6. The van der Waals surface area contributed by atoms with Crippen LogP contribution in [0.4, 0.5) is 0 Å². The zero-order valence-corrected chi connectivity index (χ0v) is 11.8. The summed E-state index contributed by atoms with van der Waals surface area (Å²) in [6.45, 7) is 7.58. The number of nitrogens with one attached hydrogen (secondary N) is 1. The lowest BCUT2D eigenvalue weighted by molar-refractivity contribution is 0.465. The molecule has 7 heteroatoms. The summed E-state index contributed by atoms with van der Waals surface area (Å²) in [5.41, 5.74) is 1.84. The Labute approximate surface area is 110 Å². The van der Waals surface area contributed by atoms with Crippen molar-refractivity contribution in [3.63, 3.8) is 0 Å². The fraction of sp³-hybridized carbons (Fsp3) is 0.545. The number of ether oxygens (including phenoxy) is 1. The molecule has 0 amide bonds. The fourth-order valence-electron chi connectivity index (χ4n) is 1.57. The van der Waals surface area contributed by atoms with Gasteiger partial charge in [0, 0.05) is 13.6 Å². The van der Waals surface area contributed by atoms with Gasteiger partial charge in [0.1, 0.15) is 10.7 Å². The zero-order chi connectivity index (χ0) is 13.1. The molecule has 0 aliphatic heterocycles. The third-order valence-corrected chi connectivity index (χ3v) is 3.41. The lowest BCUT2D eigenvalue weighted by Gasteiger charge is -2.00. The molecule has 2 heterocycles. The van der Waals surface area contributed by atoms with E-state index in [-0.39, 0.29) is 0 Å². The van der Waals surface area contributed by atoms with E-state index in [0.29, 0.717) is 5.19 Å². The molecule has 0 atom stereocenters. The van der Waals surface area contributed by atoms with Gasteiger partial charge in [-0.3, -0.25) is 4.68 Å². The van der Waals surface area contributed by atoms with Gasteiger partial charge < -0.3 is 10.1 Å². The second kappa shape index (κ2) is 5.45. The average Bonchev–Trinajstić information content (AvgIpc) is 2.88. The molecule has 0 spiro atoms. The minimum atomic E-state index is 0.558. The molecule has 2 rings (SSSR count). The maximum atomic E-state index is 5.76. The number of rotatable bonds is 5. The van der Waals surface area contributed by atoms with Crippen LogP contribution in [0.15, 0.2) is 0 Å². The SMILES string of the molecule is CCNCc1nnc(Oc2c(C)nn(C)c2C)s1. The van der Waals surface area contributed by atoms with Gasteiger partial charge in [-0.05, 0) is 20.4 Å². The molecule has 2 aromatic heterocycles. The molecule has 98 valence electrons. The molecule has 2 aromatic rings. The van der Waals surface area contributed by atoms with E-state index in [9.17, 15) is 0 Å². The van der Waals surface area contributed by atoms with Crippen LogP contribution in [0.2, 0.25) is 0 Å². The standard InChI is InChI=1S/C11H17N5OS/c1-5-12-6-9-13-14-11(18-9)17-10-7(2)15-16(4)8(10)3/h12H,5-6H2,1-4H3. The largest absolute Gasteiger partial charge is 0.426 e. The van der Waals surface area contributed by atoms with E-state index < -0.39 is 0 Å². The summed E-state index contributed by atoms with van der Waals surface area (Å²) < 4.78 is 7.55. The molecule has 0 fully saturated rings. The van der Waals surface area contributed by atoms with Gasteiger partial charge in [-0.25, -0.2) is 0 Å². The van der Waals surface area contributed by atoms with Gasteiger partial charge in [-0.15, -0.1) is 5.10 Å². The Balaban J connectivity index is 2.11. The molecule has 0 aliphatic rings. The van der Waals surface area contributed by atoms with E-state index in [4.69, 9.17) is 4.74 Å². The normalized spacial score (nSPS) is 10.9. The van der Waals surface area contributed by atoms with Crippen molar-refractivity contribution >= 4 is 11.3 Å². The second-order valence-corrected chi connectivity index (χ2v) is 4.99. The van der Waals surface area contributed by atoms with Crippen molar-refractivity contribution in [3.05, 3.63) is 16.4 Å². The predicted molar refractivity (Wildman–Crippen MR) is 70.0 cm³/mol. The summed E-state index contributed by atoms with van der Waals surface area (Å²) in [6.07, 6.45) is 0. The average molecular weight is 267 g/mol. The Morgan fingerprint density at radius 3 is 2.72 bits per heavy atom. The lowest BCUT2D eigenvalue weighted by Crippen LogP contribution is -2.11. The minimum Gasteiger partial charge on any atom is -0.426 e. The summed E-state index contributed by atoms with van der Waals surface area (Å²) >= 11 is 1.45. The van der Waals surface area contributed by atoms with Gasteiger partial charge in [-0.2, -0.15) is 5.10 Å². The molecule has 0 unspecified atom stereocenters. The molecule has 0 bridgehead atoms. The first kappa shape index (κ1) is 13.0. The summed E-state index contributed by atoms with van der Waals surface area (Å²) in [6, 6.07) is 0. The smallest absolute Gasteiger partial charge is 0.299 e. The van der Waals surface area contributed by atoms with E-state index in [1.54, 1.807) is 4.68 Å². The van der Waals surface area contributed by atoms with Crippen molar-refractivity contribution in [1.29, 1.82) is 0 Å². The molecule has 6 nitrogen and oxygen atoms in total. The van der Waals surface area contributed by atoms with Crippen LogP contribution >= 0.6 is 11.3 Å². The van der Waals surface area contributed by atoms with Crippen LogP contribution < -0.4 is 10.1 Å². The predicted octanol–water partition coefficient (Wildman–Crippen LogP) is 1.79. The van der Waals surface area contributed by atoms with E-state index in [1.165, 1.54) is 11.3 Å². The van der Waals surface area contributed by atoms with Crippen LogP contribution in [0.25, 0.3) is 0 Å². The third-order valence-electron chi connectivity index (χ3n) is 2.61. The van der Waals surface area contributed by atoms with Crippen LogP contribution in [0.3, 0.4) is 0 Å². The van der Waals surface area contributed by atoms with Crippen molar-refractivity contribution in [1.82, 2.24) is 25.3 Å². The van der Waals surface area contributed by atoms with Crippen LogP contribution in [-0.4, -0.2) is 26.5 Å². The van der Waals surface area contributed by atoms with Crippen LogP contribution in [-0.2, 0) is 13.6 Å². The topological polar surface area (TPSA) is 64.9 Å². The Bertz CT molecular complexity index is 534. The van der Waals surface area contributed by atoms with Gasteiger partial charge in [0.2, 0.25) is 0 Å². The number of hydrogen-bond donors (Lipinski definition) is 1. The molecule has 18 heavy (non-hydrogen) atoms. The van der Waals surface area contributed by atoms with E-state index in [1.807, 2.05) is 20.9 Å². The molecule has 0 aliphatic carbocycles. The minimum absolute atomic E-state index is 0.558. The number of nitrogens with zero attached hydrogens (tertiary/aromatic N) is 4. The maximum absolute atomic E-state index is 5.76. The molecule has 0 aromatic carbocycles. The summed E-state index contributed by atoms with van der Waals surface area (Å²) in [5, 5.41) is 17.1. The quantitative estimate of drug-likeness (QED) is 0.894. The van der Waals surface area contributed by atoms with Crippen molar-refractivity contribution in [3.8, 4) is 10.9 Å². The lowest BCUT2D eigenvalue weighted by atomic mass is 10.3. The van der Waals surface area contributed by atoms with Gasteiger partial charge in [-0.1, -0.05) is 23.4 Å². The molecule has 0 saturated heterocycles.